The van der Waals surface area contributed by atoms with E-state index in [9.17, 15) is 17.6 Å². The summed E-state index contributed by atoms with van der Waals surface area (Å²) in [5.74, 6) is -1.09. The minimum Gasteiger partial charge on any atom is -0.494 e. The average molecular weight is 402 g/mol. The Morgan fingerprint density at radius 2 is 1.96 bits per heavy atom. The molecule has 0 aliphatic carbocycles. The lowest BCUT2D eigenvalue weighted by atomic mass is 10.2. The molecule has 0 aliphatic heterocycles. The van der Waals surface area contributed by atoms with Crippen molar-refractivity contribution in [3.8, 4) is 5.75 Å². The molecule has 9 heteroatoms. The molecule has 0 fully saturated rings. The number of carbonyl (C=O) groups excluding carboxylic acids is 1. The van der Waals surface area contributed by atoms with Crippen molar-refractivity contribution in [1.82, 2.24) is 4.72 Å². The van der Waals surface area contributed by atoms with Gasteiger partial charge in [0.05, 0.1) is 18.6 Å². The van der Waals surface area contributed by atoms with Crippen LogP contribution in [0.15, 0.2) is 47.4 Å². The van der Waals surface area contributed by atoms with Gasteiger partial charge in [-0.05, 0) is 29.8 Å². The standard InChI is InChI=1S/C17H17ClFNO5S/c1-24-15-7-6-12(10-14(15)19)11-25-17(21)8-9-20-26(22,23)16-5-3-2-4-13(16)18/h2-7,10,20H,8-9,11H2,1H3. The summed E-state index contributed by atoms with van der Waals surface area (Å²) in [6.07, 6.45) is -0.178. The third-order valence-electron chi connectivity index (χ3n) is 3.36. The Labute approximate surface area is 155 Å². The molecule has 2 aromatic carbocycles. The highest BCUT2D eigenvalue weighted by atomic mass is 35.5. The Balaban J connectivity index is 1.82. The molecule has 0 bridgehead atoms. The van der Waals surface area contributed by atoms with Crippen LogP contribution in [0.4, 0.5) is 4.39 Å². The molecule has 0 aliphatic rings. The van der Waals surface area contributed by atoms with E-state index in [0.717, 1.165) is 0 Å². The summed E-state index contributed by atoms with van der Waals surface area (Å²) in [5.41, 5.74) is 0.452. The van der Waals surface area contributed by atoms with Crippen LogP contribution < -0.4 is 9.46 Å². The molecule has 0 amide bonds. The highest BCUT2D eigenvalue weighted by molar-refractivity contribution is 7.89. The van der Waals surface area contributed by atoms with Crippen molar-refractivity contribution < 1.29 is 27.1 Å². The molecule has 0 radical (unpaired) electrons. The van der Waals surface area contributed by atoms with Gasteiger partial charge in [-0.15, -0.1) is 0 Å². The molecule has 0 saturated heterocycles. The van der Waals surface area contributed by atoms with Crippen LogP contribution in [-0.4, -0.2) is 28.0 Å². The van der Waals surface area contributed by atoms with Crippen LogP contribution >= 0.6 is 11.6 Å². The van der Waals surface area contributed by atoms with Crippen LogP contribution in [0.3, 0.4) is 0 Å². The van der Waals surface area contributed by atoms with Crippen LogP contribution in [-0.2, 0) is 26.2 Å². The number of esters is 1. The zero-order valence-corrected chi connectivity index (χ0v) is 15.4. The van der Waals surface area contributed by atoms with Gasteiger partial charge < -0.3 is 9.47 Å². The fraction of sp³-hybridized carbons (Fsp3) is 0.235. The maximum atomic E-state index is 13.5. The Bertz CT molecular complexity index is 888. The number of carbonyl (C=O) groups is 1. The molecule has 0 atom stereocenters. The Morgan fingerprint density at radius 1 is 1.23 bits per heavy atom. The topological polar surface area (TPSA) is 81.7 Å². The zero-order chi connectivity index (χ0) is 19.2. The SMILES string of the molecule is COc1ccc(COC(=O)CCNS(=O)(=O)c2ccccc2Cl)cc1F. The van der Waals surface area contributed by atoms with Crippen molar-refractivity contribution in [2.75, 3.05) is 13.7 Å². The monoisotopic (exact) mass is 401 g/mol. The number of hydrogen-bond acceptors (Lipinski definition) is 5. The van der Waals surface area contributed by atoms with E-state index in [4.69, 9.17) is 21.1 Å². The number of hydrogen-bond donors (Lipinski definition) is 1. The summed E-state index contributed by atoms with van der Waals surface area (Å²) in [6, 6.07) is 10.2. The van der Waals surface area contributed by atoms with Crippen LogP contribution in [0.1, 0.15) is 12.0 Å². The second kappa shape index (κ2) is 8.98. The fourth-order valence-electron chi connectivity index (χ4n) is 2.06. The van der Waals surface area contributed by atoms with Crippen LogP contribution in [0.5, 0.6) is 5.75 Å². The van der Waals surface area contributed by atoms with E-state index in [1.54, 1.807) is 18.2 Å². The van der Waals surface area contributed by atoms with E-state index in [1.807, 2.05) is 0 Å². The molecular weight excluding hydrogens is 385 g/mol. The fourth-order valence-corrected chi connectivity index (χ4v) is 3.61. The first-order chi connectivity index (χ1) is 12.3. The highest BCUT2D eigenvalue weighted by Gasteiger charge is 2.17. The minimum atomic E-state index is -3.82. The normalized spacial score (nSPS) is 11.2. The van der Waals surface area contributed by atoms with Gasteiger partial charge in [-0.2, -0.15) is 0 Å². The van der Waals surface area contributed by atoms with E-state index in [2.05, 4.69) is 4.72 Å². The largest absolute Gasteiger partial charge is 0.494 e. The van der Waals surface area contributed by atoms with Crippen molar-refractivity contribution in [2.24, 2.45) is 0 Å². The van der Waals surface area contributed by atoms with Gasteiger partial charge in [0.25, 0.3) is 0 Å². The molecule has 140 valence electrons. The lowest BCUT2D eigenvalue weighted by molar-refractivity contribution is -0.144. The predicted octanol–water partition coefficient (Wildman–Crippen LogP) is 2.90. The number of halogens is 2. The van der Waals surface area contributed by atoms with E-state index < -0.39 is 21.8 Å². The molecule has 0 heterocycles. The number of methoxy groups -OCH3 is 1. The summed E-state index contributed by atoms with van der Waals surface area (Å²) in [5, 5.41) is 0.0871. The Morgan fingerprint density at radius 3 is 2.62 bits per heavy atom. The van der Waals surface area contributed by atoms with Crippen LogP contribution in [0, 0.1) is 5.82 Å². The summed E-state index contributed by atoms with van der Waals surface area (Å²) < 4.78 is 49.8. The molecule has 2 aromatic rings. The van der Waals surface area contributed by atoms with Crippen LogP contribution in [0.25, 0.3) is 0 Å². The summed E-state index contributed by atoms with van der Waals surface area (Å²) in [6.45, 7) is -0.277. The summed E-state index contributed by atoms with van der Waals surface area (Å²) in [4.78, 5) is 11.6. The van der Waals surface area contributed by atoms with E-state index >= 15 is 0 Å². The van der Waals surface area contributed by atoms with Crippen molar-refractivity contribution in [2.45, 2.75) is 17.9 Å². The minimum absolute atomic E-state index is 0.0660. The Hall–Kier alpha value is -2.16. The molecule has 0 spiro atoms. The van der Waals surface area contributed by atoms with E-state index in [1.165, 1.54) is 31.4 Å². The lowest BCUT2D eigenvalue weighted by Gasteiger charge is -2.09. The van der Waals surface area contributed by atoms with Gasteiger partial charge >= 0.3 is 5.97 Å². The molecular formula is C17H17ClFNO5S. The molecule has 26 heavy (non-hydrogen) atoms. The predicted molar refractivity (Wildman–Crippen MR) is 94.0 cm³/mol. The van der Waals surface area contributed by atoms with E-state index in [-0.39, 0.29) is 35.2 Å². The molecule has 2 rings (SSSR count). The van der Waals surface area contributed by atoms with Gasteiger partial charge in [-0.25, -0.2) is 17.5 Å². The third kappa shape index (κ3) is 5.42. The first kappa shape index (κ1) is 20.2. The van der Waals surface area contributed by atoms with Crippen LogP contribution in [0.2, 0.25) is 5.02 Å². The van der Waals surface area contributed by atoms with Gasteiger partial charge in [-0.3, -0.25) is 4.79 Å². The number of benzene rings is 2. The van der Waals surface area contributed by atoms with Crippen molar-refractivity contribution >= 4 is 27.6 Å². The number of rotatable bonds is 8. The number of ether oxygens (including phenoxy) is 2. The molecule has 0 aromatic heterocycles. The molecule has 0 unspecified atom stereocenters. The highest BCUT2D eigenvalue weighted by Crippen LogP contribution is 2.20. The lowest BCUT2D eigenvalue weighted by Crippen LogP contribution is -2.27. The molecule has 1 N–H and O–H groups in total. The van der Waals surface area contributed by atoms with Crippen molar-refractivity contribution in [3.63, 3.8) is 0 Å². The van der Waals surface area contributed by atoms with Gasteiger partial charge in [0.1, 0.15) is 11.5 Å². The maximum absolute atomic E-state index is 13.5. The Kier molecular flexibility index (Phi) is 6.96. The average Bonchev–Trinajstić information content (AvgIpc) is 2.60. The van der Waals surface area contributed by atoms with Crippen molar-refractivity contribution in [3.05, 3.63) is 58.9 Å². The zero-order valence-electron chi connectivity index (χ0n) is 13.9. The summed E-state index contributed by atoms with van der Waals surface area (Å²) >= 11 is 5.85. The van der Waals surface area contributed by atoms with E-state index in [0.29, 0.717) is 5.56 Å². The first-order valence-corrected chi connectivity index (χ1v) is 9.42. The molecule has 6 nitrogen and oxygen atoms in total. The molecule has 0 saturated carbocycles. The number of nitrogens with one attached hydrogen (secondary N) is 1. The first-order valence-electron chi connectivity index (χ1n) is 7.55. The quantitative estimate of drug-likeness (QED) is 0.688. The number of sulfonamides is 1. The van der Waals surface area contributed by atoms with Crippen molar-refractivity contribution in [1.29, 1.82) is 0 Å². The summed E-state index contributed by atoms with van der Waals surface area (Å²) in [7, 11) is -2.47. The second-order valence-electron chi connectivity index (χ2n) is 5.21. The van der Waals surface area contributed by atoms with Gasteiger partial charge in [0, 0.05) is 6.54 Å². The second-order valence-corrected chi connectivity index (χ2v) is 7.35. The van der Waals surface area contributed by atoms with Gasteiger partial charge in [0.15, 0.2) is 11.6 Å². The maximum Gasteiger partial charge on any atom is 0.307 e. The smallest absolute Gasteiger partial charge is 0.307 e. The third-order valence-corrected chi connectivity index (χ3v) is 5.32. The van der Waals surface area contributed by atoms with Gasteiger partial charge in [-0.1, -0.05) is 29.8 Å². The van der Waals surface area contributed by atoms with Gasteiger partial charge in [0.2, 0.25) is 10.0 Å².